The van der Waals surface area contributed by atoms with E-state index in [2.05, 4.69) is 140 Å². The summed E-state index contributed by atoms with van der Waals surface area (Å²) in [6, 6.07) is 41.4. The van der Waals surface area contributed by atoms with Gasteiger partial charge in [0.25, 0.3) is 0 Å². The second-order valence-corrected chi connectivity index (χ2v) is 11.1. The van der Waals surface area contributed by atoms with Crippen molar-refractivity contribution < 1.29 is 0 Å². The minimum atomic E-state index is 0.919. The average molecular weight is 550 g/mol. The zero-order chi connectivity index (χ0) is 28.1. The van der Waals surface area contributed by atoms with Gasteiger partial charge in [0.1, 0.15) is 5.65 Å². The summed E-state index contributed by atoms with van der Waals surface area (Å²) in [7, 11) is 0. The molecule has 0 fully saturated rings. The Balaban J connectivity index is 1.54. The maximum Gasteiger partial charge on any atom is 0.146 e. The molecule has 5 aromatic carbocycles. The summed E-state index contributed by atoms with van der Waals surface area (Å²) in [5, 5.41) is 8.36. The van der Waals surface area contributed by atoms with Gasteiger partial charge >= 0.3 is 0 Å². The second kappa shape index (κ2) is 8.30. The molecule has 200 valence electrons. The van der Waals surface area contributed by atoms with Crippen molar-refractivity contribution in [2.24, 2.45) is 0 Å². The SMILES string of the molecule is c1ccc(-n2c3ccccc3c3c4c5c(ccc6c7ccncc7c7nccn7c65)n(-c5ccccc5)c4ccc32)cc1. The van der Waals surface area contributed by atoms with Gasteiger partial charge in [-0.25, -0.2) is 4.98 Å². The normalized spacial score (nSPS) is 12.2. The van der Waals surface area contributed by atoms with Gasteiger partial charge < -0.3 is 9.13 Å². The van der Waals surface area contributed by atoms with E-state index in [4.69, 9.17) is 4.98 Å². The zero-order valence-electron chi connectivity index (χ0n) is 23.0. The summed E-state index contributed by atoms with van der Waals surface area (Å²) in [6.45, 7) is 0. The topological polar surface area (TPSA) is 40.1 Å². The van der Waals surface area contributed by atoms with E-state index in [1.165, 1.54) is 49.0 Å². The maximum atomic E-state index is 4.82. The molecule has 0 atom stereocenters. The van der Waals surface area contributed by atoms with Crippen molar-refractivity contribution in [2.45, 2.75) is 0 Å². The Morgan fingerprint density at radius 3 is 1.88 bits per heavy atom. The standard InChI is InChI=1S/C38H23N5/c1-3-9-24(10-4-1)42-30-14-8-7-13-28(30)34-31(42)17-18-32-35(34)36-33(43(32)25-11-5-2-6-12-25)16-15-27-26-19-20-39-23-29(26)38-40-21-22-41(38)37(27)36/h1-23H. The van der Waals surface area contributed by atoms with Crippen LogP contribution < -0.4 is 0 Å². The summed E-state index contributed by atoms with van der Waals surface area (Å²) < 4.78 is 7.07. The van der Waals surface area contributed by atoms with Gasteiger partial charge in [-0.2, -0.15) is 0 Å². The van der Waals surface area contributed by atoms with E-state index in [1.54, 1.807) is 0 Å². The summed E-state index contributed by atoms with van der Waals surface area (Å²) >= 11 is 0. The van der Waals surface area contributed by atoms with Crippen LogP contribution in [0.2, 0.25) is 0 Å². The summed E-state index contributed by atoms with van der Waals surface area (Å²) in [6.07, 6.45) is 7.79. The van der Waals surface area contributed by atoms with Gasteiger partial charge in [-0.1, -0.05) is 60.7 Å². The van der Waals surface area contributed by atoms with Crippen LogP contribution in [0.3, 0.4) is 0 Å². The number of hydrogen-bond donors (Lipinski definition) is 0. The molecule has 0 saturated heterocycles. The molecule has 0 spiro atoms. The third kappa shape index (κ3) is 2.90. The molecule has 5 heteroatoms. The van der Waals surface area contributed by atoms with Gasteiger partial charge in [0, 0.05) is 68.5 Å². The Morgan fingerprint density at radius 2 is 1.09 bits per heavy atom. The van der Waals surface area contributed by atoms with E-state index in [0.717, 1.165) is 33.3 Å². The molecular weight excluding hydrogens is 526 g/mol. The Labute approximate surface area is 245 Å². The monoisotopic (exact) mass is 549 g/mol. The first-order valence-electron chi connectivity index (χ1n) is 14.5. The fourth-order valence-corrected chi connectivity index (χ4v) is 7.30. The van der Waals surface area contributed by atoms with Crippen LogP contribution in [0.15, 0.2) is 140 Å². The molecule has 5 nitrogen and oxygen atoms in total. The molecule has 5 aromatic heterocycles. The maximum absolute atomic E-state index is 4.82. The van der Waals surface area contributed by atoms with Crippen molar-refractivity contribution in [3.8, 4) is 11.4 Å². The number of fused-ring (bicyclic) bond motifs is 14. The van der Waals surface area contributed by atoms with E-state index < -0.39 is 0 Å². The fraction of sp³-hybridized carbons (Fsp3) is 0. The van der Waals surface area contributed by atoms with Crippen LogP contribution in [-0.2, 0) is 0 Å². The van der Waals surface area contributed by atoms with Crippen molar-refractivity contribution >= 4 is 70.9 Å². The van der Waals surface area contributed by atoms with E-state index in [-0.39, 0.29) is 0 Å². The molecule has 0 aliphatic carbocycles. The first kappa shape index (κ1) is 22.7. The molecule has 0 saturated carbocycles. The van der Waals surface area contributed by atoms with Crippen LogP contribution >= 0.6 is 0 Å². The minimum Gasteiger partial charge on any atom is -0.309 e. The van der Waals surface area contributed by atoms with Crippen LogP contribution in [-0.4, -0.2) is 23.5 Å². The van der Waals surface area contributed by atoms with Crippen molar-refractivity contribution in [1.82, 2.24) is 23.5 Å². The third-order valence-corrected chi connectivity index (χ3v) is 8.97. The highest BCUT2D eigenvalue weighted by atomic mass is 15.0. The van der Waals surface area contributed by atoms with Crippen molar-refractivity contribution in [3.05, 3.63) is 140 Å². The van der Waals surface area contributed by atoms with Gasteiger partial charge in [0.2, 0.25) is 0 Å². The van der Waals surface area contributed by atoms with Crippen LogP contribution in [0.5, 0.6) is 0 Å². The van der Waals surface area contributed by atoms with Gasteiger partial charge in [-0.05, 0) is 60.0 Å². The molecule has 0 N–H and O–H groups in total. The van der Waals surface area contributed by atoms with Crippen molar-refractivity contribution in [3.63, 3.8) is 0 Å². The highest BCUT2D eigenvalue weighted by Crippen LogP contribution is 2.45. The molecule has 0 unspecified atom stereocenters. The number of nitrogens with zero attached hydrogens (tertiary/aromatic N) is 5. The lowest BCUT2D eigenvalue weighted by molar-refractivity contribution is 1.17. The number of pyridine rings is 2. The first-order chi connectivity index (χ1) is 21.4. The van der Waals surface area contributed by atoms with Crippen LogP contribution in [0.25, 0.3) is 82.3 Å². The smallest absolute Gasteiger partial charge is 0.146 e. The number of hydrogen-bond acceptors (Lipinski definition) is 2. The van der Waals surface area contributed by atoms with E-state index in [0.29, 0.717) is 0 Å². The summed E-state index contributed by atoms with van der Waals surface area (Å²) in [5.41, 5.74) is 9.11. The Morgan fingerprint density at radius 1 is 0.442 bits per heavy atom. The molecule has 0 aliphatic rings. The number of rotatable bonds is 2. The van der Waals surface area contributed by atoms with Gasteiger partial charge in [0.15, 0.2) is 0 Å². The second-order valence-electron chi connectivity index (χ2n) is 11.1. The molecule has 10 rings (SSSR count). The summed E-state index contributed by atoms with van der Waals surface area (Å²) in [5.74, 6) is 0. The quantitative estimate of drug-likeness (QED) is 0.202. The molecule has 0 amide bonds. The van der Waals surface area contributed by atoms with Crippen molar-refractivity contribution in [2.75, 3.05) is 0 Å². The molecule has 10 aromatic rings. The number of imidazole rings is 1. The zero-order valence-corrected chi connectivity index (χ0v) is 23.0. The predicted octanol–water partition coefficient (Wildman–Crippen LogP) is 9.23. The molecule has 43 heavy (non-hydrogen) atoms. The number of para-hydroxylation sites is 3. The Hall–Kier alpha value is -5.94. The van der Waals surface area contributed by atoms with Gasteiger partial charge in [-0.15, -0.1) is 0 Å². The molecule has 5 heterocycles. The van der Waals surface area contributed by atoms with E-state index >= 15 is 0 Å². The molecule has 0 aliphatic heterocycles. The minimum absolute atomic E-state index is 0.919. The van der Waals surface area contributed by atoms with Crippen LogP contribution in [0.4, 0.5) is 0 Å². The Kier molecular flexibility index (Phi) is 4.39. The fourth-order valence-electron chi connectivity index (χ4n) is 7.30. The molecule has 0 bridgehead atoms. The van der Waals surface area contributed by atoms with Crippen LogP contribution in [0, 0.1) is 0 Å². The lowest BCUT2D eigenvalue weighted by Crippen LogP contribution is -1.95. The molecular formula is C38H23N5. The number of benzene rings is 5. The lowest BCUT2D eigenvalue weighted by Gasteiger charge is -2.11. The van der Waals surface area contributed by atoms with Gasteiger partial charge in [-0.3, -0.25) is 9.38 Å². The van der Waals surface area contributed by atoms with Crippen molar-refractivity contribution in [1.29, 1.82) is 0 Å². The third-order valence-electron chi connectivity index (χ3n) is 8.97. The largest absolute Gasteiger partial charge is 0.309 e. The van der Waals surface area contributed by atoms with E-state index in [9.17, 15) is 0 Å². The highest BCUT2D eigenvalue weighted by Gasteiger charge is 2.23. The van der Waals surface area contributed by atoms with Gasteiger partial charge in [0.05, 0.1) is 27.6 Å². The average Bonchev–Trinajstić information content (AvgIpc) is 3.78. The number of aromatic nitrogens is 5. The van der Waals surface area contributed by atoms with E-state index in [1.807, 2.05) is 18.6 Å². The summed E-state index contributed by atoms with van der Waals surface area (Å²) in [4.78, 5) is 9.27. The molecule has 0 radical (unpaired) electrons. The highest BCUT2D eigenvalue weighted by molar-refractivity contribution is 6.34. The Bertz CT molecular complexity index is 2710. The van der Waals surface area contributed by atoms with Crippen LogP contribution in [0.1, 0.15) is 0 Å². The first-order valence-corrected chi connectivity index (χ1v) is 14.5. The lowest BCUT2D eigenvalue weighted by atomic mass is 10.0. The predicted molar refractivity (Wildman–Crippen MR) is 177 cm³/mol.